The van der Waals surface area contributed by atoms with Gasteiger partial charge < -0.3 is 19.8 Å². The molecule has 4 nitrogen and oxygen atoms in total. The molecule has 0 aromatic heterocycles. The van der Waals surface area contributed by atoms with Gasteiger partial charge in [0.15, 0.2) is 0 Å². The first-order chi connectivity index (χ1) is 5.45. The molecule has 0 rings (SSSR count). The van der Waals surface area contributed by atoms with Crippen molar-refractivity contribution in [1.82, 2.24) is 0 Å². The molecular formula is C6H8Li2O4S2. The number of carbonyl (C=O) groups is 2. The average Bonchev–Trinajstić information content (AvgIpc) is 1.98. The van der Waals surface area contributed by atoms with Crippen molar-refractivity contribution in [3.63, 3.8) is 0 Å². The zero-order chi connectivity index (χ0) is 9.72. The van der Waals surface area contributed by atoms with Gasteiger partial charge in [-0.1, -0.05) is 21.6 Å². The van der Waals surface area contributed by atoms with Gasteiger partial charge in [0.05, 0.1) is 22.4 Å². The van der Waals surface area contributed by atoms with Crippen LogP contribution in [0.25, 0.3) is 0 Å². The number of hydrogen-bond donors (Lipinski definition) is 0. The largest absolute Gasteiger partial charge is 1.00 e. The number of hydrogen-bond acceptors (Lipinski definition) is 6. The number of carbonyl (C=O) groups excluding carboxylic acids is 2. The molecule has 8 heteroatoms. The van der Waals surface area contributed by atoms with Crippen LogP contribution in [0, 0.1) is 0 Å². The molecule has 14 heavy (non-hydrogen) atoms. The summed E-state index contributed by atoms with van der Waals surface area (Å²) in [7, 11) is 1.91. The van der Waals surface area contributed by atoms with Gasteiger partial charge in [-0.25, -0.2) is 0 Å². The van der Waals surface area contributed by atoms with Gasteiger partial charge in [-0.2, -0.15) is 0 Å². The smallest absolute Gasteiger partial charge is 0.549 e. The Bertz CT molecular complexity index is 171. The minimum absolute atomic E-state index is 0. The van der Waals surface area contributed by atoms with E-state index in [9.17, 15) is 19.8 Å². The van der Waals surface area contributed by atoms with Crippen LogP contribution in [-0.4, -0.2) is 22.4 Å². The molecule has 0 aromatic carbocycles. The van der Waals surface area contributed by atoms with Gasteiger partial charge >= 0.3 is 37.7 Å². The van der Waals surface area contributed by atoms with E-state index in [0.29, 0.717) is 0 Å². The Hall–Kier alpha value is 0.835. The molecule has 0 aromatic rings. The molecular weight excluding hydrogens is 214 g/mol. The minimum atomic E-state index is -1.20. The summed E-state index contributed by atoms with van der Waals surface area (Å²) in [5.41, 5.74) is 0. The molecule has 70 valence electrons. The Kier molecular flexibility index (Phi) is 15.0. The molecule has 2 atom stereocenters. The Morgan fingerprint density at radius 3 is 1.29 bits per heavy atom. The van der Waals surface area contributed by atoms with Crippen LogP contribution >= 0.6 is 21.6 Å². The molecule has 0 N–H and O–H groups in total. The van der Waals surface area contributed by atoms with Crippen molar-refractivity contribution in [2.24, 2.45) is 0 Å². The summed E-state index contributed by atoms with van der Waals surface area (Å²) in [6, 6.07) is 0. The SMILES string of the molecule is CC(SSC(C)C(=O)[O-])C(=O)[O-].[Li+].[Li+]. The normalized spacial score (nSPS) is 13.0. The Morgan fingerprint density at radius 1 is 0.929 bits per heavy atom. The second kappa shape index (κ2) is 10.4. The van der Waals surface area contributed by atoms with Crippen molar-refractivity contribution in [3.05, 3.63) is 0 Å². The Balaban J connectivity index is -0.000000605. The molecule has 0 amide bonds. The van der Waals surface area contributed by atoms with Gasteiger partial charge in [0.2, 0.25) is 0 Å². The summed E-state index contributed by atoms with van der Waals surface area (Å²) in [6.45, 7) is 2.88. The van der Waals surface area contributed by atoms with Crippen LogP contribution in [0.15, 0.2) is 0 Å². The third-order valence-corrected chi connectivity index (χ3v) is 4.15. The van der Waals surface area contributed by atoms with Gasteiger partial charge in [-0.05, 0) is 13.8 Å². The monoisotopic (exact) mass is 222 g/mol. The van der Waals surface area contributed by atoms with E-state index in [1.54, 1.807) is 0 Å². The van der Waals surface area contributed by atoms with Crippen LogP contribution in [0.2, 0.25) is 0 Å². The third-order valence-electron chi connectivity index (χ3n) is 1.01. The molecule has 0 bridgehead atoms. The van der Waals surface area contributed by atoms with E-state index in [4.69, 9.17) is 0 Å². The molecule has 0 spiro atoms. The van der Waals surface area contributed by atoms with E-state index < -0.39 is 22.4 Å². The number of aliphatic carboxylic acids is 2. The number of carboxylic acid groups (broad SMARTS) is 2. The third kappa shape index (κ3) is 9.39. The van der Waals surface area contributed by atoms with E-state index in [-0.39, 0.29) is 37.7 Å². The second-order valence-electron chi connectivity index (χ2n) is 2.11. The summed E-state index contributed by atoms with van der Waals surface area (Å²) in [5, 5.41) is 18.9. The zero-order valence-corrected chi connectivity index (χ0v) is 10.2. The van der Waals surface area contributed by atoms with Crippen molar-refractivity contribution in [1.29, 1.82) is 0 Å². The number of rotatable bonds is 5. The molecule has 0 saturated heterocycles. The Labute approximate surface area is 115 Å². The van der Waals surface area contributed by atoms with Gasteiger partial charge in [0, 0.05) is 0 Å². The molecule has 0 aliphatic rings. The molecule has 2 unspecified atom stereocenters. The van der Waals surface area contributed by atoms with Crippen molar-refractivity contribution < 1.29 is 57.5 Å². The maximum atomic E-state index is 10.2. The first-order valence-corrected chi connectivity index (χ1v) is 5.46. The summed E-state index contributed by atoms with van der Waals surface area (Å²) < 4.78 is 0. The van der Waals surface area contributed by atoms with Gasteiger partial charge in [-0.3, -0.25) is 0 Å². The van der Waals surface area contributed by atoms with E-state index in [2.05, 4.69) is 0 Å². The predicted octanol–water partition coefficient (Wildman–Crippen LogP) is -7.35. The summed E-state index contributed by atoms with van der Waals surface area (Å²) >= 11 is 0. The fraction of sp³-hybridized carbons (Fsp3) is 0.667. The van der Waals surface area contributed by atoms with Crippen LogP contribution in [0.5, 0.6) is 0 Å². The van der Waals surface area contributed by atoms with Crippen LogP contribution < -0.4 is 47.9 Å². The molecule has 0 radical (unpaired) electrons. The maximum Gasteiger partial charge on any atom is 1.00 e. The molecule has 0 fully saturated rings. The summed E-state index contributed by atoms with van der Waals surface area (Å²) in [6.07, 6.45) is 0. The predicted molar refractivity (Wildman–Crippen MR) is 44.1 cm³/mol. The fourth-order valence-electron chi connectivity index (χ4n) is 0.245. The van der Waals surface area contributed by atoms with Crippen LogP contribution in [0.1, 0.15) is 13.8 Å². The van der Waals surface area contributed by atoms with Crippen LogP contribution in [0.4, 0.5) is 0 Å². The minimum Gasteiger partial charge on any atom is -0.549 e. The molecule has 0 heterocycles. The van der Waals surface area contributed by atoms with Crippen LogP contribution in [0.3, 0.4) is 0 Å². The van der Waals surface area contributed by atoms with Crippen molar-refractivity contribution in [2.75, 3.05) is 0 Å². The summed E-state index contributed by atoms with van der Waals surface area (Å²) in [5.74, 6) is -2.39. The first-order valence-electron chi connectivity index (χ1n) is 3.19. The topological polar surface area (TPSA) is 80.3 Å². The fourth-order valence-corrected chi connectivity index (χ4v) is 2.21. The Morgan fingerprint density at radius 2 is 1.14 bits per heavy atom. The quantitative estimate of drug-likeness (QED) is 0.339. The van der Waals surface area contributed by atoms with E-state index in [1.165, 1.54) is 13.8 Å². The molecule has 0 aliphatic heterocycles. The van der Waals surface area contributed by atoms with Crippen molar-refractivity contribution >= 4 is 33.5 Å². The van der Waals surface area contributed by atoms with E-state index >= 15 is 0 Å². The van der Waals surface area contributed by atoms with Gasteiger partial charge in [0.1, 0.15) is 0 Å². The maximum absolute atomic E-state index is 10.2. The zero-order valence-electron chi connectivity index (χ0n) is 8.60. The van der Waals surface area contributed by atoms with Crippen LogP contribution in [-0.2, 0) is 9.59 Å². The molecule has 0 saturated carbocycles. The second-order valence-corrected chi connectivity index (χ2v) is 5.07. The molecule has 0 aliphatic carbocycles. The van der Waals surface area contributed by atoms with Crippen molar-refractivity contribution in [2.45, 2.75) is 24.3 Å². The first kappa shape index (κ1) is 20.3. The van der Waals surface area contributed by atoms with Gasteiger partial charge in [-0.15, -0.1) is 0 Å². The standard InChI is InChI=1S/C6H10O4S2.2Li/c1-3(5(7)8)11-12-4(2)6(9)10;;/h3-4H,1-2H3,(H,7,8)(H,9,10);;/q;2*+1/p-2. The van der Waals surface area contributed by atoms with E-state index in [1.807, 2.05) is 0 Å². The average molecular weight is 222 g/mol. The summed E-state index contributed by atoms with van der Waals surface area (Å²) in [4.78, 5) is 20.3. The van der Waals surface area contributed by atoms with Crippen molar-refractivity contribution in [3.8, 4) is 0 Å². The van der Waals surface area contributed by atoms with Gasteiger partial charge in [0.25, 0.3) is 0 Å². The number of carboxylic acids is 2. The van der Waals surface area contributed by atoms with E-state index in [0.717, 1.165) is 21.6 Å².